The Morgan fingerprint density at radius 1 is 1.15 bits per heavy atom. The van der Waals surface area contributed by atoms with Gasteiger partial charge in [-0.3, -0.25) is 4.90 Å². The summed E-state index contributed by atoms with van der Waals surface area (Å²) in [6, 6.07) is 11.4. The lowest BCUT2D eigenvalue weighted by Gasteiger charge is -2.41. The Bertz CT molecular complexity index is 533. The van der Waals surface area contributed by atoms with E-state index in [1.54, 1.807) is 6.26 Å². The molecule has 0 radical (unpaired) electrons. The third kappa shape index (κ3) is 2.88. The summed E-state index contributed by atoms with van der Waals surface area (Å²) in [5.41, 5.74) is 3.92. The Labute approximate surface area is 120 Å². The summed E-state index contributed by atoms with van der Waals surface area (Å²) in [6.07, 6.45) is 3.60. The molecule has 3 rings (SSSR count). The van der Waals surface area contributed by atoms with Gasteiger partial charge in [0.2, 0.25) is 0 Å². The zero-order valence-corrected chi connectivity index (χ0v) is 12.2. The second-order valence-corrected chi connectivity index (χ2v) is 5.74. The van der Waals surface area contributed by atoms with Crippen LogP contribution in [-0.4, -0.2) is 30.6 Å². The van der Waals surface area contributed by atoms with Gasteiger partial charge in [0.05, 0.1) is 12.5 Å². The fourth-order valence-electron chi connectivity index (χ4n) is 2.94. The molecule has 1 saturated heterocycles. The van der Waals surface area contributed by atoms with E-state index in [1.807, 2.05) is 6.26 Å². The van der Waals surface area contributed by atoms with Gasteiger partial charge in [-0.05, 0) is 32.0 Å². The van der Waals surface area contributed by atoms with Crippen LogP contribution in [0.15, 0.2) is 47.3 Å². The predicted octanol–water partition coefficient (Wildman–Crippen LogP) is 3.30. The molecule has 0 spiro atoms. The zero-order chi connectivity index (χ0) is 13.9. The highest BCUT2D eigenvalue weighted by Gasteiger charge is 2.23. The summed E-state index contributed by atoms with van der Waals surface area (Å²) < 4.78 is 5.15. The molecule has 0 bridgehead atoms. The molecule has 0 N–H and O–H groups in total. The van der Waals surface area contributed by atoms with Crippen molar-refractivity contribution in [3.05, 3.63) is 54.0 Å². The van der Waals surface area contributed by atoms with Gasteiger partial charge < -0.3 is 9.32 Å². The Hall–Kier alpha value is -1.74. The molecular formula is C17H22N2O. The van der Waals surface area contributed by atoms with Gasteiger partial charge in [-0.1, -0.05) is 17.7 Å². The predicted molar refractivity (Wildman–Crippen MR) is 82.0 cm³/mol. The molecule has 0 saturated carbocycles. The molecule has 3 nitrogen and oxygen atoms in total. The Kier molecular flexibility index (Phi) is 3.79. The van der Waals surface area contributed by atoms with Crippen LogP contribution in [0, 0.1) is 6.92 Å². The fraction of sp³-hybridized carbons (Fsp3) is 0.412. The van der Waals surface area contributed by atoms with Crippen LogP contribution >= 0.6 is 0 Å². The highest BCUT2D eigenvalue weighted by molar-refractivity contribution is 5.48. The number of hydrogen-bond acceptors (Lipinski definition) is 3. The molecule has 1 unspecified atom stereocenters. The van der Waals surface area contributed by atoms with E-state index in [1.165, 1.54) is 16.8 Å². The van der Waals surface area contributed by atoms with Crippen LogP contribution in [0.2, 0.25) is 0 Å². The molecule has 106 valence electrons. The maximum absolute atomic E-state index is 5.15. The van der Waals surface area contributed by atoms with Crippen molar-refractivity contribution in [1.82, 2.24) is 4.90 Å². The molecule has 1 aliphatic rings. The monoisotopic (exact) mass is 270 g/mol. The van der Waals surface area contributed by atoms with E-state index >= 15 is 0 Å². The molecular weight excluding hydrogens is 248 g/mol. The van der Waals surface area contributed by atoms with Crippen LogP contribution in [0.1, 0.15) is 18.1 Å². The molecule has 2 heterocycles. The maximum Gasteiger partial charge on any atom is 0.0947 e. The molecule has 1 aromatic heterocycles. The number of piperazine rings is 1. The second-order valence-electron chi connectivity index (χ2n) is 5.74. The number of aryl methyl sites for hydroxylation is 1. The molecule has 0 aliphatic carbocycles. The number of furan rings is 1. The number of nitrogens with zero attached hydrogens (tertiary/aromatic N) is 2. The third-order valence-electron chi connectivity index (χ3n) is 4.06. The van der Waals surface area contributed by atoms with E-state index in [0.717, 1.165) is 26.2 Å². The Balaban J connectivity index is 1.63. The largest absolute Gasteiger partial charge is 0.472 e. The first-order valence-electron chi connectivity index (χ1n) is 7.29. The first-order chi connectivity index (χ1) is 9.72. The minimum atomic E-state index is 0.540. The lowest BCUT2D eigenvalue weighted by atomic mass is 10.1. The lowest BCUT2D eigenvalue weighted by Crippen LogP contribution is -2.51. The first kappa shape index (κ1) is 13.3. The van der Waals surface area contributed by atoms with Gasteiger partial charge in [0.15, 0.2) is 0 Å². The number of anilines is 1. The summed E-state index contributed by atoms with van der Waals surface area (Å²) in [7, 11) is 0. The molecule has 2 aromatic rings. The highest BCUT2D eigenvalue weighted by atomic mass is 16.3. The molecule has 1 fully saturated rings. The second kappa shape index (κ2) is 5.71. The van der Waals surface area contributed by atoms with Crippen LogP contribution in [0.4, 0.5) is 5.69 Å². The summed E-state index contributed by atoms with van der Waals surface area (Å²) >= 11 is 0. The topological polar surface area (TPSA) is 19.6 Å². The smallest absolute Gasteiger partial charge is 0.0947 e. The van der Waals surface area contributed by atoms with Crippen LogP contribution in [0.5, 0.6) is 0 Å². The molecule has 0 amide bonds. The van der Waals surface area contributed by atoms with Crippen molar-refractivity contribution in [2.75, 3.05) is 24.5 Å². The van der Waals surface area contributed by atoms with Crippen LogP contribution in [-0.2, 0) is 6.54 Å². The number of hydrogen-bond donors (Lipinski definition) is 0. The van der Waals surface area contributed by atoms with Gasteiger partial charge in [0, 0.05) is 43.5 Å². The average molecular weight is 270 g/mol. The van der Waals surface area contributed by atoms with E-state index in [4.69, 9.17) is 4.42 Å². The zero-order valence-electron chi connectivity index (χ0n) is 12.2. The van der Waals surface area contributed by atoms with Crippen LogP contribution in [0.25, 0.3) is 0 Å². The van der Waals surface area contributed by atoms with Crippen LogP contribution < -0.4 is 4.90 Å². The summed E-state index contributed by atoms with van der Waals surface area (Å²) in [5, 5.41) is 0. The summed E-state index contributed by atoms with van der Waals surface area (Å²) in [4.78, 5) is 5.01. The lowest BCUT2D eigenvalue weighted by molar-refractivity contribution is 0.220. The standard InChI is InChI=1S/C17H22N2O/c1-14-3-5-17(6-4-14)19-9-8-18(11-15(19)2)12-16-7-10-20-13-16/h3-7,10,13,15H,8-9,11-12H2,1-2H3. The van der Waals surface area contributed by atoms with E-state index in [9.17, 15) is 0 Å². The number of rotatable bonds is 3. The van der Waals surface area contributed by atoms with Gasteiger partial charge in [0.25, 0.3) is 0 Å². The van der Waals surface area contributed by atoms with Crippen molar-refractivity contribution in [2.24, 2.45) is 0 Å². The molecule has 3 heteroatoms. The highest BCUT2D eigenvalue weighted by Crippen LogP contribution is 2.21. The average Bonchev–Trinajstić information content (AvgIpc) is 2.93. The van der Waals surface area contributed by atoms with E-state index < -0.39 is 0 Å². The fourth-order valence-corrected chi connectivity index (χ4v) is 2.94. The van der Waals surface area contributed by atoms with E-state index in [2.05, 4.69) is 54.0 Å². The minimum Gasteiger partial charge on any atom is -0.472 e. The Morgan fingerprint density at radius 3 is 2.60 bits per heavy atom. The minimum absolute atomic E-state index is 0.540. The van der Waals surface area contributed by atoms with Crippen molar-refractivity contribution in [1.29, 1.82) is 0 Å². The quantitative estimate of drug-likeness (QED) is 0.853. The Morgan fingerprint density at radius 2 is 1.95 bits per heavy atom. The van der Waals surface area contributed by atoms with Crippen molar-refractivity contribution in [2.45, 2.75) is 26.4 Å². The van der Waals surface area contributed by atoms with Gasteiger partial charge in [-0.15, -0.1) is 0 Å². The van der Waals surface area contributed by atoms with E-state index in [-0.39, 0.29) is 0 Å². The van der Waals surface area contributed by atoms with Crippen LogP contribution in [0.3, 0.4) is 0 Å². The first-order valence-corrected chi connectivity index (χ1v) is 7.29. The van der Waals surface area contributed by atoms with Crippen molar-refractivity contribution < 1.29 is 4.42 Å². The van der Waals surface area contributed by atoms with Gasteiger partial charge in [-0.2, -0.15) is 0 Å². The molecule has 1 atom stereocenters. The van der Waals surface area contributed by atoms with Gasteiger partial charge >= 0.3 is 0 Å². The summed E-state index contributed by atoms with van der Waals surface area (Å²) in [5.74, 6) is 0. The SMILES string of the molecule is Cc1ccc(N2CCN(Cc3ccoc3)CC2C)cc1. The van der Waals surface area contributed by atoms with Crippen molar-refractivity contribution in [3.63, 3.8) is 0 Å². The van der Waals surface area contributed by atoms with Crippen molar-refractivity contribution >= 4 is 5.69 Å². The normalized spacial score (nSPS) is 20.3. The third-order valence-corrected chi connectivity index (χ3v) is 4.06. The van der Waals surface area contributed by atoms with E-state index in [0.29, 0.717) is 6.04 Å². The van der Waals surface area contributed by atoms with Crippen molar-refractivity contribution in [3.8, 4) is 0 Å². The molecule has 20 heavy (non-hydrogen) atoms. The number of benzene rings is 1. The molecule has 1 aliphatic heterocycles. The summed E-state index contributed by atoms with van der Waals surface area (Å²) in [6.45, 7) is 8.71. The molecule has 1 aromatic carbocycles. The maximum atomic E-state index is 5.15. The van der Waals surface area contributed by atoms with Gasteiger partial charge in [0.1, 0.15) is 0 Å². The van der Waals surface area contributed by atoms with Gasteiger partial charge in [-0.25, -0.2) is 0 Å².